The normalized spacial score (nSPS) is 20.4. The van der Waals surface area contributed by atoms with Gasteiger partial charge in [0.2, 0.25) is 0 Å². The number of nitrogens with one attached hydrogen (secondary N) is 1. The second kappa shape index (κ2) is 8.08. The van der Waals surface area contributed by atoms with Crippen molar-refractivity contribution in [3.05, 3.63) is 0 Å². The third-order valence-corrected chi connectivity index (χ3v) is 2.99. The Morgan fingerprint density at radius 2 is 2.07 bits per heavy atom. The summed E-state index contributed by atoms with van der Waals surface area (Å²) in [7, 11) is 0. The molecule has 0 bridgehead atoms. The van der Waals surface area contributed by atoms with Gasteiger partial charge in [-0.1, -0.05) is 26.2 Å². The number of rotatable bonds is 7. The van der Waals surface area contributed by atoms with E-state index in [9.17, 15) is 0 Å². The third kappa shape index (κ3) is 6.13. The summed E-state index contributed by atoms with van der Waals surface area (Å²) >= 11 is 0. The predicted molar refractivity (Wildman–Crippen MR) is 61.9 cm³/mol. The van der Waals surface area contributed by atoms with Gasteiger partial charge in [-0.15, -0.1) is 0 Å². The van der Waals surface area contributed by atoms with Crippen LogP contribution in [0.25, 0.3) is 0 Å². The zero-order chi connectivity index (χ0) is 10.9. The van der Waals surface area contributed by atoms with E-state index in [0.29, 0.717) is 12.0 Å². The van der Waals surface area contributed by atoms with Crippen LogP contribution in [-0.4, -0.2) is 37.5 Å². The van der Waals surface area contributed by atoms with Gasteiger partial charge in [0.15, 0.2) is 0 Å². The molecule has 0 amide bonds. The van der Waals surface area contributed by atoms with Crippen molar-refractivity contribution in [1.82, 2.24) is 5.32 Å². The number of hydrogen-bond donors (Lipinski definition) is 2. The highest BCUT2D eigenvalue weighted by Crippen LogP contribution is 2.19. The molecule has 0 heterocycles. The van der Waals surface area contributed by atoms with Crippen LogP contribution in [0.3, 0.4) is 0 Å². The van der Waals surface area contributed by atoms with Crippen LogP contribution in [0.15, 0.2) is 0 Å². The molecule has 0 saturated heterocycles. The van der Waals surface area contributed by atoms with Gasteiger partial charge in [0.05, 0.1) is 12.7 Å². The first-order valence-corrected chi connectivity index (χ1v) is 6.26. The maximum Gasteiger partial charge on any atom is 0.0594 e. The average molecular weight is 215 g/mol. The van der Waals surface area contributed by atoms with Crippen LogP contribution in [0.5, 0.6) is 0 Å². The van der Waals surface area contributed by atoms with E-state index in [1.165, 1.54) is 32.1 Å². The van der Waals surface area contributed by atoms with Gasteiger partial charge < -0.3 is 15.2 Å². The van der Waals surface area contributed by atoms with Gasteiger partial charge >= 0.3 is 0 Å². The maximum absolute atomic E-state index is 8.82. The summed E-state index contributed by atoms with van der Waals surface area (Å²) in [5.74, 6) is 0.347. The Labute approximate surface area is 93.2 Å². The second-order valence-electron chi connectivity index (χ2n) is 4.62. The summed E-state index contributed by atoms with van der Waals surface area (Å²) in [4.78, 5) is 0. The monoisotopic (exact) mass is 215 g/mol. The van der Waals surface area contributed by atoms with Gasteiger partial charge in [-0.05, 0) is 25.3 Å². The summed E-state index contributed by atoms with van der Waals surface area (Å²) in [6, 6.07) is 0. The Hall–Kier alpha value is -0.120. The molecule has 0 spiro atoms. The molecule has 2 N–H and O–H groups in total. The molecule has 0 aliphatic heterocycles. The number of ether oxygens (including phenoxy) is 1. The Bertz CT molecular complexity index is 147. The van der Waals surface area contributed by atoms with Gasteiger partial charge in [-0.2, -0.15) is 0 Å². The lowest BCUT2D eigenvalue weighted by Crippen LogP contribution is -2.28. The highest BCUT2D eigenvalue weighted by Gasteiger charge is 2.12. The van der Waals surface area contributed by atoms with E-state index < -0.39 is 0 Å². The zero-order valence-corrected chi connectivity index (χ0v) is 9.87. The van der Waals surface area contributed by atoms with E-state index in [1.54, 1.807) is 0 Å². The van der Waals surface area contributed by atoms with E-state index in [0.717, 1.165) is 19.7 Å². The molecule has 90 valence electrons. The molecule has 1 atom stereocenters. The molecule has 1 fully saturated rings. The Morgan fingerprint density at radius 1 is 1.33 bits per heavy atom. The number of hydrogen-bond acceptors (Lipinski definition) is 3. The molecule has 3 nitrogen and oxygen atoms in total. The minimum absolute atomic E-state index is 0.260. The van der Waals surface area contributed by atoms with Gasteiger partial charge in [0.25, 0.3) is 0 Å². The maximum atomic E-state index is 8.82. The summed E-state index contributed by atoms with van der Waals surface area (Å²) < 4.78 is 5.77. The van der Waals surface area contributed by atoms with Crippen LogP contribution in [0.4, 0.5) is 0 Å². The van der Waals surface area contributed by atoms with Gasteiger partial charge in [-0.3, -0.25) is 0 Å². The fourth-order valence-electron chi connectivity index (χ4n) is 1.94. The molecule has 1 aliphatic rings. The molecule has 0 aromatic carbocycles. The summed E-state index contributed by atoms with van der Waals surface area (Å²) in [6.07, 6.45) is 7.04. The first kappa shape index (κ1) is 12.9. The molecular formula is C12H25NO2. The van der Waals surface area contributed by atoms with Crippen molar-refractivity contribution < 1.29 is 9.84 Å². The molecule has 1 rings (SSSR count). The highest BCUT2D eigenvalue weighted by molar-refractivity contribution is 4.65. The van der Waals surface area contributed by atoms with Crippen LogP contribution in [-0.2, 0) is 4.74 Å². The molecule has 1 unspecified atom stereocenters. The van der Waals surface area contributed by atoms with Crippen molar-refractivity contribution in [2.75, 3.05) is 26.3 Å². The number of aliphatic hydroxyl groups excluding tert-OH is 1. The molecule has 1 aliphatic carbocycles. The standard InChI is InChI=1S/C12H25NO2/c1-11(10-14)9-13-7-8-15-12-5-3-2-4-6-12/h11-14H,2-10H2,1H3. The first-order valence-electron chi connectivity index (χ1n) is 6.26. The molecule has 0 aromatic rings. The zero-order valence-electron chi connectivity index (χ0n) is 9.87. The van der Waals surface area contributed by atoms with Crippen LogP contribution >= 0.6 is 0 Å². The first-order chi connectivity index (χ1) is 7.33. The van der Waals surface area contributed by atoms with Crippen LogP contribution in [0.2, 0.25) is 0 Å². The van der Waals surface area contributed by atoms with Crippen LogP contribution < -0.4 is 5.32 Å². The molecule has 15 heavy (non-hydrogen) atoms. The van der Waals surface area contributed by atoms with Crippen molar-refractivity contribution in [1.29, 1.82) is 0 Å². The van der Waals surface area contributed by atoms with Crippen LogP contribution in [0.1, 0.15) is 39.0 Å². The van der Waals surface area contributed by atoms with Gasteiger partial charge in [0.1, 0.15) is 0 Å². The van der Waals surface area contributed by atoms with Crippen LogP contribution in [0, 0.1) is 5.92 Å². The minimum Gasteiger partial charge on any atom is -0.396 e. The molecular weight excluding hydrogens is 190 g/mol. The Kier molecular flexibility index (Phi) is 6.98. The molecule has 1 saturated carbocycles. The lowest BCUT2D eigenvalue weighted by Gasteiger charge is -2.22. The van der Waals surface area contributed by atoms with Crippen molar-refractivity contribution in [3.63, 3.8) is 0 Å². The van der Waals surface area contributed by atoms with E-state index in [4.69, 9.17) is 9.84 Å². The highest BCUT2D eigenvalue weighted by atomic mass is 16.5. The SMILES string of the molecule is CC(CO)CNCCOC1CCCCC1. The van der Waals surface area contributed by atoms with E-state index in [-0.39, 0.29) is 6.61 Å². The van der Waals surface area contributed by atoms with E-state index in [1.807, 2.05) is 6.92 Å². The van der Waals surface area contributed by atoms with E-state index >= 15 is 0 Å². The van der Waals surface area contributed by atoms with Crippen molar-refractivity contribution in [2.45, 2.75) is 45.1 Å². The van der Waals surface area contributed by atoms with Gasteiger partial charge in [-0.25, -0.2) is 0 Å². The predicted octanol–water partition coefficient (Wildman–Crippen LogP) is 1.55. The topological polar surface area (TPSA) is 41.5 Å². The second-order valence-corrected chi connectivity index (χ2v) is 4.62. The lowest BCUT2D eigenvalue weighted by molar-refractivity contribution is 0.0299. The van der Waals surface area contributed by atoms with E-state index in [2.05, 4.69) is 5.32 Å². The fourth-order valence-corrected chi connectivity index (χ4v) is 1.94. The fraction of sp³-hybridized carbons (Fsp3) is 1.00. The summed E-state index contributed by atoms with van der Waals surface area (Å²) in [6.45, 7) is 4.89. The Balaban J connectivity index is 1.87. The summed E-state index contributed by atoms with van der Waals surface area (Å²) in [5, 5.41) is 12.1. The minimum atomic E-state index is 0.260. The summed E-state index contributed by atoms with van der Waals surface area (Å²) in [5.41, 5.74) is 0. The number of aliphatic hydroxyl groups is 1. The van der Waals surface area contributed by atoms with Gasteiger partial charge in [0, 0.05) is 13.2 Å². The van der Waals surface area contributed by atoms with Crippen molar-refractivity contribution in [3.8, 4) is 0 Å². The molecule has 3 heteroatoms. The quantitative estimate of drug-likeness (QED) is 0.633. The van der Waals surface area contributed by atoms with Crippen molar-refractivity contribution >= 4 is 0 Å². The van der Waals surface area contributed by atoms with Crippen molar-refractivity contribution in [2.24, 2.45) is 5.92 Å². The largest absolute Gasteiger partial charge is 0.396 e. The smallest absolute Gasteiger partial charge is 0.0594 e. The average Bonchev–Trinajstić information content (AvgIpc) is 2.29. The third-order valence-electron chi connectivity index (χ3n) is 2.99. The Morgan fingerprint density at radius 3 is 2.73 bits per heavy atom. The lowest BCUT2D eigenvalue weighted by atomic mass is 9.98. The molecule has 0 radical (unpaired) electrons. The molecule has 0 aromatic heterocycles.